The van der Waals surface area contributed by atoms with E-state index in [1.54, 1.807) is 32.2 Å². The number of carbonyl (C=O) groups excluding carboxylic acids is 4. The molecular weight excluding hydrogens is 828 g/mol. The summed E-state index contributed by atoms with van der Waals surface area (Å²) in [6.45, 7) is 16.6. The van der Waals surface area contributed by atoms with E-state index in [1.807, 2.05) is 39.6 Å². The standard InChI is InChI=1S/C46H77FN8O7S/c1-10-12-13-15-23-55(43(58)39(29(5)11-2)53-41(57)35-17-14-16-22-54(35)9)36(28(3)4)25-37(62-45(61)50-21-20-48)42-52-34(27-63-42)40(56)51-32(26-46(7,8)44(59)60)24-31-18-19-33(49)38(47)30(31)6/h18-19,27-30,32,35-39H,10-17,20-26,48-49H2,1-9H3,(H,50,61)(H,51,56)(H,53,57)(H,59,60)/t29-,30?,32-,35+,36+,37+,38?,39-/m0/s1. The number of halogens is 1. The number of alkyl halides is 1. The minimum atomic E-state index is -1.41. The van der Waals surface area contributed by atoms with Crippen molar-refractivity contribution in [3.05, 3.63) is 39.5 Å². The molecule has 17 heteroatoms. The van der Waals surface area contributed by atoms with Gasteiger partial charge in [0.05, 0.1) is 11.5 Å². The van der Waals surface area contributed by atoms with Crippen molar-refractivity contribution in [3.8, 4) is 0 Å². The summed E-state index contributed by atoms with van der Waals surface area (Å²) in [6, 6.07) is -2.26. The molecule has 1 aliphatic carbocycles. The summed E-state index contributed by atoms with van der Waals surface area (Å²) in [5.74, 6) is -2.81. The highest BCUT2D eigenvalue weighted by Crippen LogP contribution is 2.34. The number of likely N-dealkylation sites (N-methyl/N-ethyl adjacent to an activating group) is 1. The molecule has 2 aliphatic rings. The maximum atomic E-state index is 15.0. The van der Waals surface area contributed by atoms with Crippen LogP contribution in [0.25, 0.3) is 0 Å². The van der Waals surface area contributed by atoms with Crippen molar-refractivity contribution in [2.45, 2.75) is 162 Å². The second kappa shape index (κ2) is 25.4. The van der Waals surface area contributed by atoms with Crippen molar-refractivity contribution in [2.75, 3.05) is 33.2 Å². The molecule has 0 bridgehead atoms. The Balaban J connectivity index is 2.01. The maximum Gasteiger partial charge on any atom is 0.407 e. The Morgan fingerprint density at radius 2 is 1.81 bits per heavy atom. The Morgan fingerprint density at radius 3 is 2.43 bits per heavy atom. The molecule has 0 saturated carbocycles. The summed E-state index contributed by atoms with van der Waals surface area (Å²) >= 11 is 1.13. The molecule has 8 N–H and O–H groups in total. The lowest BCUT2D eigenvalue weighted by Gasteiger charge is -2.40. The van der Waals surface area contributed by atoms with E-state index >= 15 is 0 Å². The number of ether oxygens (including phenoxy) is 1. The van der Waals surface area contributed by atoms with E-state index in [-0.39, 0.29) is 73.4 Å². The van der Waals surface area contributed by atoms with Gasteiger partial charge in [0.25, 0.3) is 5.91 Å². The predicted octanol–water partition coefficient (Wildman–Crippen LogP) is 6.45. The topological polar surface area (TPSA) is 222 Å². The van der Waals surface area contributed by atoms with Crippen molar-refractivity contribution in [2.24, 2.45) is 34.6 Å². The summed E-state index contributed by atoms with van der Waals surface area (Å²) < 4.78 is 21.0. The highest BCUT2D eigenvalue weighted by molar-refractivity contribution is 7.09. The fraction of sp³-hybridized carbons (Fsp3) is 0.739. The second-order valence-corrected chi connectivity index (χ2v) is 19.4. The Bertz CT molecular complexity index is 1740. The van der Waals surface area contributed by atoms with E-state index in [9.17, 15) is 33.5 Å². The van der Waals surface area contributed by atoms with Crippen molar-refractivity contribution < 1.29 is 38.2 Å². The number of aliphatic carboxylic acids is 1. The van der Waals surface area contributed by atoms with E-state index < -0.39 is 59.7 Å². The van der Waals surface area contributed by atoms with Crippen molar-refractivity contribution in [1.29, 1.82) is 0 Å². The zero-order chi connectivity index (χ0) is 47.0. The molecule has 4 amide bonds. The van der Waals surface area contributed by atoms with Gasteiger partial charge in [-0.3, -0.25) is 24.1 Å². The van der Waals surface area contributed by atoms with E-state index in [0.29, 0.717) is 23.5 Å². The molecule has 2 unspecified atom stereocenters. The molecule has 0 radical (unpaired) electrons. The third kappa shape index (κ3) is 15.5. The molecule has 15 nitrogen and oxygen atoms in total. The number of nitrogens with two attached hydrogens (primary N) is 2. The van der Waals surface area contributed by atoms with Crippen LogP contribution >= 0.6 is 11.3 Å². The van der Waals surface area contributed by atoms with Crippen molar-refractivity contribution in [3.63, 3.8) is 0 Å². The molecular formula is C46H77FN8O7S. The van der Waals surface area contributed by atoms with Crippen LogP contribution in [-0.2, 0) is 19.1 Å². The predicted molar refractivity (Wildman–Crippen MR) is 245 cm³/mol. The number of hydrogen-bond acceptors (Lipinski definition) is 11. The zero-order valence-corrected chi connectivity index (χ0v) is 40.0. The van der Waals surface area contributed by atoms with Gasteiger partial charge in [0.15, 0.2) is 6.10 Å². The molecule has 1 aliphatic heterocycles. The Labute approximate surface area is 378 Å². The van der Waals surface area contributed by atoms with E-state index in [4.69, 9.17) is 16.2 Å². The van der Waals surface area contributed by atoms with Crippen molar-refractivity contribution in [1.82, 2.24) is 30.7 Å². The number of nitrogens with zero attached hydrogens (tertiary/aromatic N) is 3. The third-order valence-electron chi connectivity index (χ3n) is 12.7. The van der Waals surface area contributed by atoms with Crippen molar-refractivity contribution >= 4 is 41.1 Å². The normalized spacial score (nSPS) is 20.7. The average Bonchev–Trinajstić information content (AvgIpc) is 3.74. The first-order chi connectivity index (χ1) is 29.8. The first-order valence-corrected chi connectivity index (χ1v) is 23.9. The number of aromatic nitrogens is 1. The first-order valence-electron chi connectivity index (χ1n) is 23.0. The van der Waals surface area contributed by atoms with Gasteiger partial charge in [-0.05, 0) is 77.5 Å². The highest BCUT2D eigenvalue weighted by Gasteiger charge is 2.39. The Hall–Kier alpha value is -4.09. The van der Waals surface area contributed by atoms with E-state index in [1.165, 1.54) is 6.08 Å². The number of hydrogen-bond donors (Lipinski definition) is 6. The second-order valence-electron chi connectivity index (χ2n) is 18.6. The third-order valence-corrected chi connectivity index (χ3v) is 13.6. The number of carbonyl (C=O) groups is 5. The number of likely N-dealkylation sites (tertiary alicyclic amines) is 1. The number of piperidine rings is 1. The van der Waals surface area contributed by atoms with Gasteiger partial charge >= 0.3 is 12.1 Å². The van der Waals surface area contributed by atoms with Gasteiger partial charge in [0.2, 0.25) is 11.8 Å². The number of rotatable bonds is 25. The molecule has 1 aromatic rings. The highest BCUT2D eigenvalue weighted by atomic mass is 32.1. The van der Waals surface area contributed by atoms with Crippen LogP contribution < -0.4 is 27.4 Å². The minimum absolute atomic E-state index is 0.0306. The number of allylic oxidation sites excluding steroid dienone is 3. The van der Waals surface area contributed by atoms with Gasteiger partial charge in [0, 0.05) is 55.1 Å². The van der Waals surface area contributed by atoms with Gasteiger partial charge < -0.3 is 42.2 Å². The average molecular weight is 905 g/mol. The van der Waals surface area contributed by atoms with Crippen LogP contribution in [0.1, 0.15) is 148 Å². The first kappa shape index (κ1) is 53.2. The molecule has 1 aromatic heterocycles. The van der Waals surface area contributed by atoms with Gasteiger partial charge in [-0.25, -0.2) is 14.2 Å². The van der Waals surface area contributed by atoms with Gasteiger partial charge in [0.1, 0.15) is 22.9 Å². The number of carboxylic acids is 1. The number of nitrogens with one attached hydrogen (secondary N) is 3. The molecule has 63 heavy (non-hydrogen) atoms. The molecule has 1 saturated heterocycles. The fourth-order valence-electron chi connectivity index (χ4n) is 8.33. The summed E-state index contributed by atoms with van der Waals surface area (Å²) in [4.78, 5) is 76.8. The number of thiazole rings is 1. The zero-order valence-electron chi connectivity index (χ0n) is 39.2. The molecule has 356 valence electrons. The lowest BCUT2D eigenvalue weighted by Crippen LogP contribution is -2.59. The monoisotopic (exact) mass is 905 g/mol. The quantitative estimate of drug-likeness (QED) is 0.0585. The van der Waals surface area contributed by atoms with Crippen LogP contribution in [0.5, 0.6) is 0 Å². The van der Waals surface area contributed by atoms with E-state index in [0.717, 1.165) is 62.8 Å². The van der Waals surface area contributed by atoms with Crippen LogP contribution in [0.3, 0.4) is 0 Å². The number of unbranched alkanes of at least 4 members (excludes halogenated alkanes) is 3. The molecule has 2 heterocycles. The van der Waals surface area contributed by atoms with Gasteiger partial charge in [-0.15, -0.1) is 11.3 Å². The lowest BCUT2D eigenvalue weighted by atomic mass is 9.80. The number of carboxylic acid groups (broad SMARTS) is 1. The summed E-state index contributed by atoms with van der Waals surface area (Å²) in [5, 5.41) is 20.6. The summed E-state index contributed by atoms with van der Waals surface area (Å²) in [5.41, 5.74) is 11.1. The molecule has 8 atom stereocenters. The lowest BCUT2D eigenvalue weighted by molar-refractivity contribution is -0.147. The van der Waals surface area contributed by atoms with Gasteiger partial charge in [-0.2, -0.15) is 0 Å². The smallest absolute Gasteiger partial charge is 0.407 e. The van der Waals surface area contributed by atoms with E-state index in [2.05, 4.69) is 32.8 Å². The minimum Gasteiger partial charge on any atom is -0.481 e. The Morgan fingerprint density at radius 1 is 1.10 bits per heavy atom. The van der Waals surface area contributed by atoms with Crippen LogP contribution in [0.15, 0.2) is 28.8 Å². The largest absolute Gasteiger partial charge is 0.481 e. The Kier molecular flexibility index (Phi) is 21.5. The van der Waals surface area contributed by atoms with Crippen LogP contribution in [0, 0.1) is 23.2 Å². The molecule has 1 fully saturated rings. The number of alkyl carbamates (subject to hydrolysis) is 1. The SMILES string of the molecule is CCCCCCN(C(=O)[C@@H](NC(=O)[C@H]1CCCCN1C)[C@@H](C)CC)[C@H](C[C@@H](OC(=O)NCCN)c1nc(C(=O)N[C@@H](CC2=CC=C(N)C(F)C2C)CC(C)(C)C(=O)O)cs1)C(C)C. The van der Waals surface area contributed by atoms with Gasteiger partial charge in [-0.1, -0.05) is 85.3 Å². The maximum absolute atomic E-state index is 15.0. The summed E-state index contributed by atoms with van der Waals surface area (Å²) in [6.07, 6.45) is 7.48. The van der Waals surface area contributed by atoms with Crippen LogP contribution in [-0.4, -0.2) is 113 Å². The fourth-order valence-corrected chi connectivity index (χ4v) is 9.17. The molecule has 3 rings (SSSR count). The van der Waals surface area contributed by atoms with Crippen LogP contribution in [0.2, 0.25) is 0 Å². The van der Waals surface area contributed by atoms with Crippen LogP contribution in [0.4, 0.5) is 9.18 Å². The molecule has 0 aromatic carbocycles. The molecule has 0 spiro atoms. The summed E-state index contributed by atoms with van der Waals surface area (Å²) in [7, 11) is 1.95. The number of amides is 4.